The Kier molecular flexibility index (Phi) is 3.35. The molecule has 1 unspecified atom stereocenters. The molecule has 1 aliphatic rings. The van der Waals surface area contributed by atoms with E-state index in [1.54, 1.807) is 0 Å². The summed E-state index contributed by atoms with van der Waals surface area (Å²) < 4.78 is 0. The van der Waals surface area contributed by atoms with E-state index in [9.17, 15) is 9.90 Å². The highest BCUT2D eigenvalue weighted by Crippen LogP contribution is 2.28. The molecule has 1 saturated heterocycles. The first-order chi connectivity index (χ1) is 8.04. The molecule has 1 aliphatic heterocycles. The van der Waals surface area contributed by atoms with Crippen LogP contribution in [0.4, 0.5) is 5.95 Å². The molecule has 1 amide bonds. The van der Waals surface area contributed by atoms with Gasteiger partial charge in [-0.3, -0.25) is 9.69 Å². The highest BCUT2D eigenvalue weighted by molar-refractivity contribution is 8.01. The van der Waals surface area contributed by atoms with Crippen molar-refractivity contribution in [1.82, 2.24) is 9.97 Å². The number of thioether (sulfide) groups is 1. The van der Waals surface area contributed by atoms with Crippen molar-refractivity contribution < 1.29 is 9.90 Å². The first-order valence-electron chi connectivity index (χ1n) is 5.41. The fourth-order valence-corrected chi connectivity index (χ4v) is 2.65. The number of aliphatic hydroxyl groups is 1. The maximum absolute atomic E-state index is 11.8. The van der Waals surface area contributed by atoms with Crippen molar-refractivity contribution >= 4 is 23.6 Å². The van der Waals surface area contributed by atoms with Crippen molar-refractivity contribution in [3.05, 3.63) is 17.0 Å². The number of rotatable bonds is 2. The van der Waals surface area contributed by atoms with E-state index in [4.69, 9.17) is 0 Å². The fraction of sp³-hybridized carbons (Fsp3) is 0.545. The second-order valence-electron chi connectivity index (χ2n) is 4.03. The van der Waals surface area contributed by atoms with Gasteiger partial charge in [0.1, 0.15) is 5.37 Å². The predicted octanol–water partition coefficient (Wildman–Crippen LogP) is 0.800. The minimum Gasteiger partial charge on any atom is -0.393 e. The van der Waals surface area contributed by atoms with E-state index in [1.807, 2.05) is 20.8 Å². The Bertz CT molecular complexity index is 441. The van der Waals surface area contributed by atoms with Crippen molar-refractivity contribution in [1.29, 1.82) is 0 Å². The van der Waals surface area contributed by atoms with Gasteiger partial charge in [0, 0.05) is 11.4 Å². The van der Waals surface area contributed by atoms with Crippen LogP contribution in [0.25, 0.3) is 0 Å². The molecule has 6 heteroatoms. The topological polar surface area (TPSA) is 66.3 Å². The Labute approximate surface area is 104 Å². The molecule has 1 aromatic heterocycles. The van der Waals surface area contributed by atoms with E-state index in [1.165, 1.54) is 16.7 Å². The number of amides is 1. The number of nitrogens with zero attached hydrogens (tertiary/aromatic N) is 3. The summed E-state index contributed by atoms with van der Waals surface area (Å²) in [6.07, 6.45) is 0. The molecular weight excluding hydrogens is 238 g/mol. The second-order valence-corrected chi connectivity index (χ2v) is 5.20. The molecule has 0 aliphatic carbocycles. The van der Waals surface area contributed by atoms with E-state index in [-0.39, 0.29) is 17.9 Å². The zero-order chi connectivity index (χ0) is 12.6. The van der Waals surface area contributed by atoms with Gasteiger partial charge in [-0.1, -0.05) is 0 Å². The van der Waals surface area contributed by atoms with Gasteiger partial charge in [0.05, 0.1) is 12.4 Å². The van der Waals surface area contributed by atoms with Gasteiger partial charge in [0.2, 0.25) is 11.9 Å². The average Bonchev–Trinajstić information content (AvgIpc) is 2.66. The lowest BCUT2D eigenvalue weighted by atomic mass is 10.2. The summed E-state index contributed by atoms with van der Waals surface area (Å²) in [4.78, 5) is 21.9. The first-order valence-corrected chi connectivity index (χ1v) is 6.46. The molecule has 0 radical (unpaired) electrons. The summed E-state index contributed by atoms with van der Waals surface area (Å²) in [6, 6.07) is 0. The van der Waals surface area contributed by atoms with Gasteiger partial charge in [-0.25, -0.2) is 9.97 Å². The third kappa shape index (κ3) is 2.14. The molecule has 0 bridgehead atoms. The van der Waals surface area contributed by atoms with Crippen molar-refractivity contribution in [3.8, 4) is 0 Å². The molecular formula is C11H15N3O2S. The van der Waals surface area contributed by atoms with Crippen LogP contribution < -0.4 is 4.90 Å². The van der Waals surface area contributed by atoms with Gasteiger partial charge in [-0.2, -0.15) is 0 Å². The Morgan fingerprint density at radius 1 is 1.35 bits per heavy atom. The number of aryl methyl sites for hydroxylation is 2. The van der Waals surface area contributed by atoms with Crippen LogP contribution in [0.15, 0.2) is 0 Å². The minimum atomic E-state index is -0.260. The monoisotopic (exact) mass is 253 g/mol. The van der Waals surface area contributed by atoms with Crippen LogP contribution in [-0.4, -0.2) is 38.7 Å². The molecule has 1 aromatic rings. The van der Waals surface area contributed by atoms with Crippen LogP contribution in [0.3, 0.4) is 0 Å². The van der Waals surface area contributed by atoms with Crippen molar-refractivity contribution in [2.75, 3.05) is 17.3 Å². The van der Waals surface area contributed by atoms with Crippen LogP contribution in [0.2, 0.25) is 0 Å². The molecule has 0 spiro atoms. The van der Waals surface area contributed by atoms with Crippen LogP contribution >= 0.6 is 11.8 Å². The second kappa shape index (κ2) is 4.62. The van der Waals surface area contributed by atoms with Gasteiger partial charge in [0.15, 0.2) is 0 Å². The molecule has 5 nitrogen and oxygen atoms in total. The number of hydrogen-bond acceptors (Lipinski definition) is 5. The highest BCUT2D eigenvalue weighted by atomic mass is 32.2. The summed E-state index contributed by atoms with van der Waals surface area (Å²) in [6.45, 7) is 5.68. The fourth-order valence-electron chi connectivity index (χ4n) is 1.71. The first kappa shape index (κ1) is 12.3. The number of aromatic nitrogens is 2. The maximum Gasteiger partial charge on any atom is 0.240 e. The van der Waals surface area contributed by atoms with Gasteiger partial charge in [-0.05, 0) is 26.3 Å². The molecule has 17 heavy (non-hydrogen) atoms. The minimum absolute atomic E-state index is 0.0447. The third-order valence-electron chi connectivity index (χ3n) is 2.95. The number of hydrogen-bond donors (Lipinski definition) is 1. The molecule has 92 valence electrons. The lowest BCUT2D eigenvalue weighted by molar-refractivity contribution is -0.116. The highest BCUT2D eigenvalue weighted by Gasteiger charge is 2.34. The molecule has 1 atom stereocenters. The quantitative estimate of drug-likeness (QED) is 0.844. The van der Waals surface area contributed by atoms with E-state index >= 15 is 0 Å². The van der Waals surface area contributed by atoms with E-state index in [0.717, 1.165) is 17.0 Å². The largest absolute Gasteiger partial charge is 0.393 e. The number of aliphatic hydroxyl groups excluding tert-OH is 1. The molecule has 2 rings (SSSR count). The Balaban J connectivity index is 2.42. The Morgan fingerprint density at radius 3 is 2.47 bits per heavy atom. The van der Waals surface area contributed by atoms with Crippen LogP contribution in [0.1, 0.15) is 17.0 Å². The lowest BCUT2D eigenvalue weighted by Gasteiger charge is -2.21. The molecule has 1 N–H and O–H groups in total. The van der Waals surface area contributed by atoms with E-state index < -0.39 is 0 Å². The van der Waals surface area contributed by atoms with Crippen LogP contribution in [-0.2, 0) is 4.79 Å². The van der Waals surface area contributed by atoms with Gasteiger partial charge >= 0.3 is 0 Å². The van der Waals surface area contributed by atoms with Crippen LogP contribution in [0.5, 0.6) is 0 Å². The number of carbonyl (C=O) groups excluding carboxylic acids is 1. The number of anilines is 1. The summed E-state index contributed by atoms with van der Waals surface area (Å²) >= 11 is 1.42. The Hall–Kier alpha value is -1.14. The van der Waals surface area contributed by atoms with E-state index in [0.29, 0.717) is 11.7 Å². The van der Waals surface area contributed by atoms with Crippen LogP contribution in [0, 0.1) is 20.8 Å². The zero-order valence-electron chi connectivity index (χ0n) is 10.1. The molecule has 1 fully saturated rings. The maximum atomic E-state index is 11.8. The third-order valence-corrected chi connectivity index (χ3v) is 4.11. The summed E-state index contributed by atoms with van der Waals surface area (Å²) in [7, 11) is 0. The zero-order valence-corrected chi connectivity index (χ0v) is 10.9. The average molecular weight is 253 g/mol. The summed E-state index contributed by atoms with van der Waals surface area (Å²) in [5, 5.41) is 8.98. The number of carbonyl (C=O) groups is 1. The van der Waals surface area contributed by atoms with Gasteiger partial charge in [0.25, 0.3) is 0 Å². The Morgan fingerprint density at radius 2 is 1.94 bits per heavy atom. The SMILES string of the molecule is Cc1nc(N2C(=O)CSC2CO)nc(C)c1C. The van der Waals surface area contributed by atoms with Crippen molar-refractivity contribution in [2.24, 2.45) is 0 Å². The summed E-state index contributed by atoms with van der Waals surface area (Å²) in [5.41, 5.74) is 2.77. The van der Waals surface area contributed by atoms with Gasteiger partial charge < -0.3 is 5.11 Å². The standard InChI is InChI=1S/C11H15N3O2S/c1-6-7(2)12-11(13-8(6)3)14-9(16)5-17-10(14)4-15/h10,15H,4-5H2,1-3H3. The smallest absolute Gasteiger partial charge is 0.240 e. The van der Waals surface area contributed by atoms with E-state index in [2.05, 4.69) is 9.97 Å². The van der Waals surface area contributed by atoms with Crippen molar-refractivity contribution in [3.63, 3.8) is 0 Å². The lowest BCUT2D eigenvalue weighted by Crippen LogP contribution is -2.36. The van der Waals surface area contributed by atoms with Gasteiger partial charge in [-0.15, -0.1) is 11.8 Å². The predicted molar refractivity (Wildman–Crippen MR) is 67.1 cm³/mol. The summed E-state index contributed by atoms with van der Waals surface area (Å²) in [5.74, 6) is 0.733. The molecule has 0 aromatic carbocycles. The molecule has 0 saturated carbocycles. The molecule has 2 heterocycles. The normalized spacial score (nSPS) is 20.1. The van der Waals surface area contributed by atoms with Crippen molar-refractivity contribution in [2.45, 2.75) is 26.1 Å².